The molecule has 11 heteroatoms. The number of aromatic nitrogens is 2. The zero-order valence-corrected chi connectivity index (χ0v) is 14.5. The van der Waals surface area contributed by atoms with E-state index in [-0.39, 0.29) is 23.3 Å². The minimum Gasteiger partial charge on any atom is -0.324 e. The summed E-state index contributed by atoms with van der Waals surface area (Å²) < 4.78 is 51.7. The minimum absolute atomic E-state index is 0.0221. The molecule has 1 heterocycles. The Labute approximate surface area is 130 Å². The molecule has 8 nitrogen and oxygen atoms in total. The van der Waals surface area contributed by atoms with E-state index < -0.39 is 20.0 Å². The van der Waals surface area contributed by atoms with Crippen LogP contribution in [0.25, 0.3) is 0 Å². The van der Waals surface area contributed by atoms with Crippen LogP contribution in [0.1, 0.15) is 13.3 Å². The Kier molecular flexibility index (Phi) is 6.17. The molecule has 0 saturated heterocycles. The Morgan fingerprint density at radius 2 is 2.00 bits per heavy atom. The van der Waals surface area contributed by atoms with Crippen LogP contribution in [-0.4, -0.2) is 56.6 Å². The van der Waals surface area contributed by atoms with Gasteiger partial charge in [0.1, 0.15) is 5.15 Å². The second kappa shape index (κ2) is 7.05. The molecular formula is C10H19ClN4O4S2. The van der Waals surface area contributed by atoms with Crippen molar-refractivity contribution in [3.05, 3.63) is 11.5 Å². The Balaban J connectivity index is 2.58. The Bertz CT molecular complexity index is 684. The molecule has 122 valence electrons. The van der Waals surface area contributed by atoms with Crippen molar-refractivity contribution in [2.45, 2.75) is 18.4 Å². The van der Waals surface area contributed by atoms with Crippen molar-refractivity contribution in [2.24, 2.45) is 7.05 Å². The smallest absolute Gasteiger partial charge is 0.261 e. The number of aryl methyl sites for hydroxylation is 1. The van der Waals surface area contributed by atoms with Gasteiger partial charge in [-0.15, -0.1) is 0 Å². The minimum atomic E-state index is -3.79. The van der Waals surface area contributed by atoms with Gasteiger partial charge in [0, 0.05) is 26.7 Å². The third-order valence-corrected chi connectivity index (χ3v) is 6.12. The quantitative estimate of drug-likeness (QED) is 0.660. The number of halogens is 1. The summed E-state index contributed by atoms with van der Waals surface area (Å²) in [6.07, 6.45) is 2.78. The molecule has 0 aromatic carbocycles. The molecule has 0 saturated carbocycles. The molecular weight excluding hydrogens is 340 g/mol. The maximum absolute atomic E-state index is 12.0. The predicted molar refractivity (Wildman–Crippen MR) is 80.1 cm³/mol. The maximum atomic E-state index is 12.0. The number of imidazole rings is 1. The Morgan fingerprint density at radius 3 is 2.43 bits per heavy atom. The van der Waals surface area contributed by atoms with E-state index >= 15 is 0 Å². The molecule has 21 heavy (non-hydrogen) atoms. The fourth-order valence-electron chi connectivity index (χ4n) is 1.66. The van der Waals surface area contributed by atoms with E-state index in [1.807, 2.05) is 0 Å². The summed E-state index contributed by atoms with van der Waals surface area (Å²) in [4.78, 5) is 3.73. The second-order valence-corrected chi connectivity index (χ2v) is 8.48. The zero-order valence-electron chi connectivity index (χ0n) is 12.1. The van der Waals surface area contributed by atoms with Crippen LogP contribution in [0.4, 0.5) is 0 Å². The molecule has 0 aliphatic carbocycles. The fraction of sp³-hybridized carbons (Fsp3) is 0.700. The van der Waals surface area contributed by atoms with Gasteiger partial charge >= 0.3 is 0 Å². The van der Waals surface area contributed by atoms with Gasteiger partial charge in [-0.05, 0) is 6.42 Å². The highest BCUT2D eigenvalue weighted by atomic mass is 35.5. The van der Waals surface area contributed by atoms with Gasteiger partial charge < -0.3 is 4.57 Å². The third kappa shape index (κ3) is 4.92. The first-order chi connectivity index (χ1) is 9.59. The lowest BCUT2D eigenvalue weighted by molar-refractivity contribution is 0.424. The van der Waals surface area contributed by atoms with Gasteiger partial charge in [-0.1, -0.05) is 18.5 Å². The van der Waals surface area contributed by atoms with E-state index in [9.17, 15) is 16.8 Å². The lowest BCUT2D eigenvalue weighted by Gasteiger charge is -2.17. The Hall–Kier alpha value is -0.680. The molecule has 1 N–H and O–H groups in total. The molecule has 0 unspecified atom stereocenters. The first-order valence-electron chi connectivity index (χ1n) is 6.21. The van der Waals surface area contributed by atoms with Crippen LogP contribution in [0.2, 0.25) is 5.15 Å². The highest BCUT2D eigenvalue weighted by Gasteiger charge is 2.22. The molecule has 0 bridgehead atoms. The summed E-state index contributed by atoms with van der Waals surface area (Å²) >= 11 is 5.83. The van der Waals surface area contributed by atoms with Crippen molar-refractivity contribution in [2.75, 3.05) is 25.9 Å². The first-order valence-corrected chi connectivity index (χ1v) is 9.92. The SMILES string of the molecule is CCN(CCCNS(=O)(=O)c1ncn(C)c1Cl)S(C)(=O)=O. The molecule has 0 fully saturated rings. The average Bonchev–Trinajstić information content (AvgIpc) is 2.69. The van der Waals surface area contributed by atoms with Crippen molar-refractivity contribution in [1.29, 1.82) is 0 Å². The highest BCUT2D eigenvalue weighted by molar-refractivity contribution is 7.89. The van der Waals surface area contributed by atoms with Crippen LogP contribution >= 0.6 is 11.6 Å². The average molecular weight is 359 g/mol. The number of hydrogen-bond acceptors (Lipinski definition) is 5. The molecule has 0 atom stereocenters. The van der Waals surface area contributed by atoms with Crippen LogP contribution in [0.15, 0.2) is 11.4 Å². The van der Waals surface area contributed by atoms with E-state index in [0.29, 0.717) is 13.0 Å². The second-order valence-electron chi connectivity index (χ2n) is 4.46. The van der Waals surface area contributed by atoms with Crippen molar-refractivity contribution >= 4 is 31.6 Å². The summed E-state index contributed by atoms with van der Waals surface area (Å²) in [7, 11) is -5.48. The van der Waals surface area contributed by atoms with Gasteiger partial charge in [0.05, 0.1) is 12.6 Å². The summed E-state index contributed by atoms with van der Waals surface area (Å²) in [6, 6.07) is 0. The van der Waals surface area contributed by atoms with Gasteiger partial charge in [0.25, 0.3) is 10.0 Å². The number of nitrogens with one attached hydrogen (secondary N) is 1. The lowest BCUT2D eigenvalue weighted by Crippen LogP contribution is -2.33. The van der Waals surface area contributed by atoms with Crippen LogP contribution < -0.4 is 4.72 Å². The highest BCUT2D eigenvalue weighted by Crippen LogP contribution is 2.18. The van der Waals surface area contributed by atoms with Crippen molar-refractivity contribution in [1.82, 2.24) is 18.6 Å². The van der Waals surface area contributed by atoms with Gasteiger partial charge in [0.15, 0.2) is 0 Å². The topological polar surface area (TPSA) is 101 Å². The summed E-state index contributed by atoms with van der Waals surface area (Å²) in [5, 5.41) is -0.212. The van der Waals surface area contributed by atoms with Gasteiger partial charge in [-0.25, -0.2) is 30.8 Å². The molecule has 0 aliphatic heterocycles. The summed E-state index contributed by atoms with van der Waals surface area (Å²) in [5.74, 6) is 0. The number of sulfonamides is 2. The van der Waals surface area contributed by atoms with Crippen LogP contribution in [-0.2, 0) is 27.1 Å². The predicted octanol–water partition coefficient (Wildman–Crippen LogP) is 0.0234. The fourth-order valence-corrected chi connectivity index (χ4v) is 4.09. The lowest BCUT2D eigenvalue weighted by atomic mass is 10.4. The Morgan fingerprint density at radius 1 is 1.38 bits per heavy atom. The van der Waals surface area contributed by atoms with E-state index in [1.165, 1.54) is 15.2 Å². The van der Waals surface area contributed by atoms with Crippen molar-refractivity contribution < 1.29 is 16.8 Å². The molecule has 0 radical (unpaired) electrons. The van der Waals surface area contributed by atoms with E-state index in [2.05, 4.69) is 9.71 Å². The molecule has 0 amide bonds. The molecule has 1 aromatic rings. The largest absolute Gasteiger partial charge is 0.324 e. The van der Waals surface area contributed by atoms with Gasteiger partial charge in [-0.3, -0.25) is 0 Å². The maximum Gasteiger partial charge on any atom is 0.261 e. The van der Waals surface area contributed by atoms with Crippen molar-refractivity contribution in [3.63, 3.8) is 0 Å². The van der Waals surface area contributed by atoms with Crippen LogP contribution in [0.3, 0.4) is 0 Å². The van der Waals surface area contributed by atoms with Crippen LogP contribution in [0.5, 0.6) is 0 Å². The van der Waals surface area contributed by atoms with Crippen molar-refractivity contribution in [3.8, 4) is 0 Å². The van der Waals surface area contributed by atoms with E-state index in [4.69, 9.17) is 11.6 Å². The summed E-state index contributed by atoms with van der Waals surface area (Å²) in [5.41, 5.74) is 0. The number of hydrogen-bond donors (Lipinski definition) is 1. The van der Waals surface area contributed by atoms with Gasteiger partial charge in [0.2, 0.25) is 15.0 Å². The molecule has 0 aliphatic rings. The number of rotatable bonds is 8. The van der Waals surface area contributed by atoms with E-state index in [1.54, 1.807) is 14.0 Å². The monoisotopic (exact) mass is 358 g/mol. The zero-order chi connectivity index (χ0) is 16.3. The molecule has 1 aromatic heterocycles. The van der Waals surface area contributed by atoms with E-state index in [0.717, 1.165) is 6.26 Å². The standard InChI is InChI=1S/C10H19ClN4O4S2/c1-4-15(20(3,16)17)7-5-6-13-21(18,19)10-9(11)14(2)8-12-10/h8,13H,4-7H2,1-3H3. The third-order valence-electron chi connectivity index (χ3n) is 2.79. The molecule has 0 spiro atoms. The van der Waals surface area contributed by atoms with Crippen LogP contribution in [0, 0.1) is 0 Å². The number of nitrogens with zero attached hydrogens (tertiary/aromatic N) is 3. The van der Waals surface area contributed by atoms with Gasteiger partial charge in [-0.2, -0.15) is 0 Å². The summed E-state index contributed by atoms with van der Waals surface area (Å²) in [6.45, 7) is 2.41. The molecule has 1 rings (SSSR count). The normalized spacial score (nSPS) is 13.0. The first kappa shape index (κ1) is 18.4.